The van der Waals surface area contributed by atoms with Crippen molar-refractivity contribution in [1.82, 2.24) is 15.2 Å². The van der Waals surface area contributed by atoms with Gasteiger partial charge in [0.15, 0.2) is 0 Å². The van der Waals surface area contributed by atoms with Crippen LogP contribution in [0.15, 0.2) is 79.1 Å². The highest BCUT2D eigenvalue weighted by Gasteiger charge is 2.60. The molecule has 5 rings (SSSR count). The van der Waals surface area contributed by atoms with Gasteiger partial charge in [0.05, 0.1) is 11.3 Å². The molecule has 3 heterocycles. The fourth-order valence-electron chi connectivity index (χ4n) is 4.59. The van der Waals surface area contributed by atoms with Crippen molar-refractivity contribution in [2.24, 2.45) is 0 Å². The summed E-state index contributed by atoms with van der Waals surface area (Å²) in [5.41, 5.74) is 1.28. The summed E-state index contributed by atoms with van der Waals surface area (Å²) in [6.45, 7) is 0.501. The molecule has 0 bridgehead atoms. The minimum Gasteiger partial charge on any atom is -0.348 e. The number of para-hydroxylation sites is 1. The molecule has 1 saturated heterocycles. The van der Waals surface area contributed by atoms with E-state index in [1.807, 2.05) is 42.5 Å². The summed E-state index contributed by atoms with van der Waals surface area (Å²) < 4.78 is 0. The summed E-state index contributed by atoms with van der Waals surface area (Å²) in [5, 5.41) is 2.96. The van der Waals surface area contributed by atoms with E-state index in [4.69, 9.17) is 0 Å². The van der Waals surface area contributed by atoms with Gasteiger partial charge in [0, 0.05) is 38.3 Å². The van der Waals surface area contributed by atoms with Gasteiger partial charge in [-0.2, -0.15) is 0 Å². The van der Waals surface area contributed by atoms with Gasteiger partial charge >= 0.3 is 0 Å². The van der Waals surface area contributed by atoms with Gasteiger partial charge in [-0.25, -0.2) is 0 Å². The molecule has 2 aromatic carbocycles. The van der Waals surface area contributed by atoms with E-state index in [1.54, 1.807) is 41.6 Å². The Hall–Kier alpha value is -4.00. The second-order valence-corrected chi connectivity index (χ2v) is 7.98. The standard InChI is InChI=1S/C25H22N4O3/c30-22-10-13-25(24(32)27-16-18-11-14-26-15-12-18)28(17-19-6-2-1-3-7-19)23(31)20-8-4-5-9-21(20)29(22)25/h1-9,11-12,14-15H,10,13,16-17H2,(H,27,32). The number of anilines is 1. The van der Waals surface area contributed by atoms with Gasteiger partial charge in [-0.3, -0.25) is 24.3 Å². The molecule has 0 saturated carbocycles. The molecule has 32 heavy (non-hydrogen) atoms. The molecule has 3 amide bonds. The van der Waals surface area contributed by atoms with E-state index in [9.17, 15) is 14.4 Å². The van der Waals surface area contributed by atoms with Crippen molar-refractivity contribution in [3.63, 3.8) is 0 Å². The molecule has 0 radical (unpaired) electrons. The lowest BCUT2D eigenvalue weighted by atomic mass is 9.94. The van der Waals surface area contributed by atoms with Crippen LogP contribution in [-0.2, 0) is 22.7 Å². The van der Waals surface area contributed by atoms with Crippen LogP contribution < -0.4 is 10.2 Å². The van der Waals surface area contributed by atoms with Crippen LogP contribution in [0.5, 0.6) is 0 Å². The molecular formula is C25H22N4O3. The van der Waals surface area contributed by atoms with Gasteiger partial charge in [-0.05, 0) is 35.4 Å². The quantitative estimate of drug-likeness (QED) is 0.680. The molecule has 0 aliphatic carbocycles. The maximum Gasteiger partial charge on any atom is 0.267 e. The van der Waals surface area contributed by atoms with Crippen molar-refractivity contribution in [1.29, 1.82) is 0 Å². The Balaban J connectivity index is 1.59. The Morgan fingerprint density at radius 1 is 0.938 bits per heavy atom. The lowest BCUT2D eigenvalue weighted by Crippen LogP contribution is -2.70. The second kappa shape index (κ2) is 7.92. The van der Waals surface area contributed by atoms with E-state index in [-0.39, 0.29) is 43.7 Å². The molecule has 0 spiro atoms. The first-order valence-corrected chi connectivity index (χ1v) is 10.6. The van der Waals surface area contributed by atoms with E-state index in [2.05, 4.69) is 10.3 Å². The number of amides is 3. The van der Waals surface area contributed by atoms with E-state index >= 15 is 0 Å². The van der Waals surface area contributed by atoms with Crippen LogP contribution >= 0.6 is 0 Å². The first-order chi connectivity index (χ1) is 15.6. The average molecular weight is 426 g/mol. The van der Waals surface area contributed by atoms with Crippen LogP contribution in [0.1, 0.15) is 34.3 Å². The Bertz CT molecular complexity index is 1180. The molecule has 1 N–H and O–H groups in total. The summed E-state index contributed by atoms with van der Waals surface area (Å²) in [6, 6.07) is 20.2. The highest BCUT2D eigenvalue weighted by Crippen LogP contribution is 2.45. The van der Waals surface area contributed by atoms with Crippen LogP contribution in [0.25, 0.3) is 0 Å². The predicted octanol–water partition coefficient (Wildman–Crippen LogP) is 2.88. The van der Waals surface area contributed by atoms with Gasteiger partial charge in [-0.1, -0.05) is 42.5 Å². The Morgan fingerprint density at radius 2 is 1.66 bits per heavy atom. The first-order valence-electron chi connectivity index (χ1n) is 10.6. The summed E-state index contributed by atoms with van der Waals surface area (Å²) in [5.74, 6) is -0.782. The number of nitrogens with one attached hydrogen (secondary N) is 1. The Kier molecular flexibility index (Phi) is 4.93. The number of carbonyl (C=O) groups is 3. The molecule has 7 nitrogen and oxygen atoms in total. The van der Waals surface area contributed by atoms with E-state index in [0.717, 1.165) is 11.1 Å². The van der Waals surface area contributed by atoms with Crippen LogP contribution in [-0.4, -0.2) is 33.3 Å². The first kappa shape index (κ1) is 19.9. The number of rotatable bonds is 5. The van der Waals surface area contributed by atoms with Crippen molar-refractivity contribution in [3.8, 4) is 0 Å². The molecule has 1 unspecified atom stereocenters. The second-order valence-electron chi connectivity index (χ2n) is 7.98. The van der Waals surface area contributed by atoms with Gasteiger partial charge in [0.25, 0.3) is 11.8 Å². The third kappa shape index (κ3) is 3.13. The molecule has 3 aromatic rings. The van der Waals surface area contributed by atoms with E-state index < -0.39 is 5.66 Å². The van der Waals surface area contributed by atoms with Crippen molar-refractivity contribution in [3.05, 3.63) is 95.8 Å². The molecule has 7 heteroatoms. The zero-order valence-corrected chi connectivity index (χ0v) is 17.4. The third-order valence-corrected chi connectivity index (χ3v) is 6.12. The Morgan fingerprint density at radius 3 is 2.44 bits per heavy atom. The average Bonchev–Trinajstić information content (AvgIpc) is 3.20. The van der Waals surface area contributed by atoms with Crippen LogP contribution in [0.3, 0.4) is 0 Å². The van der Waals surface area contributed by atoms with Crippen molar-refractivity contribution >= 4 is 23.4 Å². The number of fused-ring (bicyclic) bond motifs is 3. The molecular weight excluding hydrogens is 404 g/mol. The van der Waals surface area contributed by atoms with Gasteiger partial charge in [0.1, 0.15) is 0 Å². The lowest BCUT2D eigenvalue weighted by Gasteiger charge is -2.49. The normalized spacial score (nSPS) is 19.5. The van der Waals surface area contributed by atoms with Crippen LogP contribution in [0.2, 0.25) is 0 Å². The molecule has 1 fully saturated rings. The molecule has 160 valence electrons. The number of hydrogen-bond acceptors (Lipinski definition) is 4. The van der Waals surface area contributed by atoms with Gasteiger partial charge < -0.3 is 10.2 Å². The van der Waals surface area contributed by atoms with E-state index in [1.165, 1.54) is 4.90 Å². The monoisotopic (exact) mass is 426 g/mol. The fourth-order valence-corrected chi connectivity index (χ4v) is 4.59. The maximum atomic E-state index is 13.8. The van der Waals surface area contributed by atoms with Crippen molar-refractivity contribution < 1.29 is 14.4 Å². The van der Waals surface area contributed by atoms with Crippen molar-refractivity contribution in [2.75, 3.05) is 4.90 Å². The zero-order chi connectivity index (χ0) is 22.1. The SMILES string of the molecule is O=C1c2ccccc2N2C(=O)CCC2(C(=O)NCc2ccncc2)N1Cc1ccccc1. The minimum absolute atomic E-state index is 0.165. The molecule has 1 aromatic heterocycles. The summed E-state index contributed by atoms with van der Waals surface area (Å²) in [4.78, 5) is 47.6. The van der Waals surface area contributed by atoms with Gasteiger partial charge in [0.2, 0.25) is 11.6 Å². The zero-order valence-electron chi connectivity index (χ0n) is 17.4. The summed E-state index contributed by atoms with van der Waals surface area (Å²) >= 11 is 0. The summed E-state index contributed by atoms with van der Waals surface area (Å²) in [7, 11) is 0. The van der Waals surface area contributed by atoms with Crippen LogP contribution in [0, 0.1) is 0 Å². The number of nitrogens with zero attached hydrogens (tertiary/aromatic N) is 3. The summed E-state index contributed by atoms with van der Waals surface area (Å²) in [6.07, 6.45) is 3.75. The topological polar surface area (TPSA) is 82.6 Å². The molecule has 2 aliphatic rings. The predicted molar refractivity (Wildman–Crippen MR) is 118 cm³/mol. The lowest BCUT2D eigenvalue weighted by molar-refractivity contribution is -0.134. The molecule has 1 atom stereocenters. The number of pyridine rings is 1. The minimum atomic E-state index is -1.41. The number of carbonyl (C=O) groups excluding carboxylic acids is 3. The number of benzene rings is 2. The van der Waals surface area contributed by atoms with Crippen LogP contribution in [0.4, 0.5) is 5.69 Å². The van der Waals surface area contributed by atoms with E-state index in [0.29, 0.717) is 11.3 Å². The smallest absolute Gasteiger partial charge is 0.267 e. The van der Waals surface area contributed by atoms with Gasteiger partial charge in [-0.15, -0.1) is 0 Å². The highest BCUT2D eigenvalue weighted by atomic mass is 16.2. The largest absolute Gasteiger partial charge is 0.348 e. The Labute approximate surface area is 185 Å². The number of hydrogen-bond donors (Lipinski definition) is 1. The molecule has 2 aliphatic heterocycles. The third-order valence-electron chi connectivity index (χ3n) is 6.12. The fraction of sp³-hybridized carbons (Fsp3) is 0.200. The number of aromatic nitrogens is 1. The van der Waals surface area contributed by atoms with Crippen molar-refractivity contribution in [2.45, 2.75) is 31.6 Å². The highest BCUT2D eigenvalue weighted by molar-refractivity contribution is 6.16. The maximum absolute atomic E-state index is 13.8.